The fourth-order valence-corrected chi connectivity index (χ4v) is 2.58. The number of nitrogens with one attached hydrogen (secondary N) is 1. The van der Waals surface area contributed by atoms with Crippen LogP contribution >= 0.6 is 12.4 Å². The van der Waals surface area contributed by atoms with Crippen LogP contribution in [0, 0.1) is 0 Å². The van der Waals surface area contributed by atoms with Gasteiger partial charge in [-0.15, -0.1) is 17.5 Å². The van der Waals surface area contributed by atoms with Crippen molar-refractivity contribution >= 4 is 24.0 Å². The van der Waals surface area contributed by atoms with E-state index < -0.39 is 0 Å². The lowest BCUT2D eigenvalue weighted by molar-refractivity contribution is -0.118. The average Bonchev–Trinajstić information content (AvgIpc) is 3.36. The van der Waals surface area contributed by atoms with Crippen molar-refractivity contribution in [3.05, 3.63) is 24.0 Å². The summed E-state index contributed by atoms with van der Waals surface area (Å²) in [6, 6.07) is 5.34. The number of rotatable bonds is 8. The van der Waals surface area contributed by atoms with Gasteiger partial charge in [-0.1, -0.05) is 0 Å². The van der Waals surface area contributed by atoms with E-state index in [2.05, 4.69) is 20.8 Å². The van der Waals surface area contributed by atoms with Crippen LogP contribution in [0.5, 0.6) is 5.75 Å². The number of ether oxygens (including phenoxy) is 2. The molecule has 1 amide bonds. The molecular formula is C16H23ClN6O3. The summed E-state index contributed by atoms with van der Waals surface area (Å²) in [7, 11) is 3.12. The molecule has 1 unspecified atom stereocenters. The molecule has 9 nitrogen and oxygen atoms in total. The molecule has 1 saturated carbocycles. The molecule has 10 heteroatoms. The fraction of sp³-hybridized carbons (Fsp3) is 0.500. The molecule has 0 radical (unpaired) electrons. The predicted octanol–water partition coefficient (Wildman–Crippen LogP) is 1.27. The zero-order chi connectivity index (χ0) is 17.8. The van der Waals surface area contributed by atoms with E-state index in [0.29, 0.717) is 23.0 Å². The number of nitrogens with two attached hydrogens (primary N) is 1. The quantitative estimate of drug-likeness (QED) is 0.705. The van der Waals surface area contributed by atoms with Crippen molar-refractivity contribution in [2.24, 2.45) is 5.73 Å². The number of hydrogen-bond donors (Lipinski definition) is 2. The molecule has 1 aliphatic carbocycles. The molecule has 3 N–H and O–H groups in total. The second-order valence-corrected chi connectivity index (χ2v) is 5.96. The minimum absolute atomic E-state index is 0. The van der Waals surface area contributed by atoms with Gasteiger partial charge in [0.1, 0.15) is 11.4 Å². The molecule has 3 rings (SSSR count). The Bertz CT molecular complexity index is 745. The Morgan fingerprint density at radius 1 is 1.42 bits per heavy atom. The fourth-order valence-electron chi connectivity index (χ4n) is 2.58. The first kappa shape index (κ1) is 20.1. The number of aromatic nitrogens is 4. The van der Waals surface area contributed by atoms with Crippen LogP contribution in [0.25, 0.3) is 5.69 Å². The zero-order valence-electron chi connectivity index (χ0n) is 14.7. The number of hydrogen-bond acceptors (Lipinski definition) is 7. The first-order valence-corrected chi connectivity index (χ1v) is 8.15. The van der Waals surface area contributed by atoms with Gasteiger partial charge in [0.25, 0.3) is 0 Å². The lowest BCUT2D eigenvalue weighted by Crippen LogP contribution is -2.28. The second-order valence-electron chi connectivity index (χ2n) is 5.96. The van der Waals surface area contributed by atoms with Crippen LogP contribution in [0.3, 0.4) is 0 Å². The minimum atomic E-state index is -0.307. The molecule has 1 atom stereocenters. The van der Waals surface area contributed by atoms with Gasteiger partial charge in [-0.05, 0) is 41.5 Å². The monoisotopic (exact) mass is 382 g/mol. The summed E-state index contributed by atoms with van der Waals surface area (Å²) < 4.78 is 12.2. The van der Waals surface area contributed by atoms with Crippen molar-refractivity contribution in [2.75, 3.05) is 26.1 Å². The highest BCUT2D eigenvalue weighted by Crippen LogP contribution is 2.40. The summed E-state index contributed by atoms with van der Waals surface area (Å²) in [5.74, 6) is 1.64. The maximum Gasteiger partial charge on any atom is 0.227 e. The minimum Gasteiger partial charge on any atom is -0.494 e. The highest BCUT2D eigenvalue weighted by Gasteiger charge is 2.30. The molecule has 1 aromatic carbocycles. The summed E-state index contributed by atoms with van der Waals surface area (Å²) >= 11 is 0. The standard InChI is InChI=1S/C16H22N6O3.ClH/c1-24-12(9-17)8-15(23)18-11-5-6-14(25-2)13(7-11)22-16(10-3-4-10)19-20-21-22;/h5-7,10,12H,3-4,8-9,17H2,1-2H3,(H,18,23);1H. The number of amides is 1. The van der Waals surface area contributed by atoms with Gasteiger partial charge in [0, 0.05) is 25.3 Å². The Hall–Kier alpha value is -2.23. The van der Waals surface area contributed by atoms with Crippen molar-refractivity contribution in [3.63, 3.8) is 0 Å². The predicted molar refractivity (Wildman–Crippen MR) is 98.0 cm³/mol. The van der Waals surface area contributed by atoms with Crippen LogP contribution in [0.2, 0.25) is 0 Å². The zero-order valence-corrected chi connectivity index (χ0v) is 15.5. The number of benzene rings is 1. The van der Waals surface area contributed by atoms with Gasteiger partial charge >= 0.3 is 0 Å². The van der Waals surface area contributed by atoms with E-state index in [0.717, 1.165) is 18.7 Å². The number of halogens is 1. The number of carbonyl (C=O) groups is 1. The highest BCUT2D eigenvalue weighted by molar-refractivity contribution is 5.91. The van der Waals surface area contributed by atoms with E-state index in [1.165, 1.54) is 7.11 Å². The molecule has 0 saturated heterocycles. The Morgan fingerprint density at radius 3 is 2.81 bits per heavy atom. The van der Waals surface area contributed by atoms with Gasteiger partial charge < -0.3 is 20.5 Å². The molecule has 0 spiro atoms. The summed E-state index contributed by atoms with van der Waals surface area (Å²) in [4.78, 5) is 12.2. The van der Waals surface area contributed by atoms with Gasteiger partial charge in [0.05, 0.1) is 19.6 Å². The van der Waals surface area contributed by atoms with Crippen LogP contribution in [-0.4, -0.2) is 53.0 Å². The highest BCUT2D eigenvalue weighted by atomic mass is 35.5. The van der Waals surface area contributed by atoms with Crippen molar-refractivity contribution in [3.8, 4) is 11.4 Å². The third kappa shape index (κ3) is 4.48. The van der Waals surface area contributed by atoms with Crippen molar-refractivity contribution in [1.29, 1.82) is 0 Å². The van der Waals surface area contributed by atoms with Crippen LogP contribution in [0.15, 0.2) is 18.2 Å². The number of nitrogens with zero attached hydrogens (tertiary/aromatic N) is 4. The number of carbonyl (C=O) groups excluding carboxylic acids is 1. The smallest absolute Gasteiger partial charge is 0.227 e. The summed E-state index contributed by atoms with van der Waals surface area (Å²) in [6.45, 7) is 0.285. The van der Waals surface area contributed by atoms with Crippen LogP contribution < -0.4 is 15.8 Å². The maximum absolute atomic E-state index is 12.2. The largest absolute Gasteiger partial charge is 0.494 e. The van der Waals surface area contributed by atoms with Crippen molar-refractivity contribution < 1.29 is 14.3 Å². The van der Waals surface area contributed by atoms with E-state index in [1.54, 1.807) is 30.0 Å². The van der Waals surface area contributed by atoms with Crippen LogP contribution in [-0.2, 0) is 9.53 Å². The lowest BCUT2D eigenvalue weighted by Gasteiger charge is -2.14. The molecule has 1 aliphatic rings. The molecule has 0 bridgehead atoms. The van der Waals surface area contributed by atoms with Crippen molar-refractivity contribution in [1.82, 2.24) is 20.2 Å². The molecule has 1 fully saturated rings. The second kappa shape index (κ2) is 8.93. The molecule has 26 heavy (non-hydrogen) atoms. The average molecular weight is 383 g/mol. The summed E-state index contributed by atoms with van der Waals surface area (Å²) in [6.07, 6.45) is 2.04. The third-order valence-corrected chi connectivity index (χ3v) is 4.14. The maximum atomic E-state index is 12.2. The number of methoxy groups -OCH3 is 2. The Labute approximate surface area is 157 Å². The topological polar surface area (TPSA) is 117 Å². The molecule has 142 valence electrons. The van der Waals surface area contributed by atoms with Gasteiger partial charge in [-0.2, -0.15) is 4.68 Å². The molecular weight excluding hydrogens is 360 g/mol. The SMILES string of the molecule is COc1ccc(NC(=O)CC(CN)OC)cc1-n1nnnc1C1CC1.Cl. The number of tetrazole rings is 1. The van der Waals surface area contributed by atoms with E-state index in [4.69, 9.17) is 15.2 Å². The van der Waals surface area contributed by atoms with Gasteiger partial charge in [-0.25, -0.2) is 0 Å². The van der Waals surface area contributed by atoms with Gasteiger partial charge in [0.15, 0.2) is 5.82 Å². The first-order valence-electron chi connectivity index (χ1n) is 8.15. The molecule has 2 aromatic rings. The Morgan fingerprint density at radius 2 is 2.19 bits per heavy atom. The molecule has 0 aliphatic heterocycles. The Kier molecular flexibility index (Phi) is 6.90. The van der Waals surface area contributed by atoms with Gasteiger partial charge in [-0.3, -0.25) is 4.79 Å². The van der Waals surface area contributed by atoms with Crippen LogP contribution in [0.4, 0.5) is 5.69 Å². The summed E-state index contributed by atoms with van der Waals surface area (Å²) in [5.41, 5.74) is 6.87. The molecule has 1 aromatic heterocycles. The first-order chi connectivity index (χ1) is 12.2. The summed E-state index contributed by atoms with van der Waals surface area (Å²) in [5, 5.41) is 14.8. The van der Waals surface area contributed by atoms with E-state index in [1.807, 2.05) is 0 Å². The van der Waals surface area contributed by atoms with E-state index >= 15 is 0 Å². The van der Waals surface area contributed by atoms with Gasteiger partial charge in [0.2, 0.25) is 5.91 Å². The number of anilines is 1. The van der Waals surface area contributed by atoms with Crippen molar-refractivity contribution in [2.45, 2.75) is 31.3 Å². The van der Waals surface area contributed by atoms with E-state index in [9.17, 15) is 4.79 Å². The normalized spacial score (nSPS) is 14.4. The lowest BCUT2D eigenvalue weighted by atomic mass is 10.2. The molecule has 1 heterocycles. The van der Waals surface area contributed by atoms with E-state index in [-0.39, 0.29) is 37.4 Å². The third-order valence-electron chi connectivity index (χ3n) is 4.14. The van der Waals surface area contributed by atoms with Crippen LogP contribution in [0.1, 0.15) is 31.0 Å². The Balaban J connectivity index is 0.00000243.